The summed E-state index contributed by atoms with van der Waals surface area (Å²) in [4.78, 5) is 10.8. The predicted octanol–water partition coefficient (Wildman–Crippen LogP) is 2.76. The average molecular weight is 350 g/mol. The Hall–Kier alpha value is -2.25. The highest BCUT2D eigenvalue weighted by molar-refractivity contribution is 6.32. The fourth-order valence-corrected chi connectivity index (χ4v) is 2.71. The smallest absolute Gasteiger partial charge is 0.229 e. The Morgan fingerprint density at radius 1 is 1.29 bits per heavy atom. The minimum Gasteiger partial charge on any atom is -0.494 e. The molecule has 1 aliphatic rings. The molecule has 0 radical (unpaired) electrons. The van der Waals surface area contributed by atoms with Crippen molar-refractivity contribution in [1.29, 1.82) is 0 Å². The monoisotopic (exact) mass is 349 g/mol. The second-order valence-corrected chi connectivity index (χ2v) is 5.66. The lowest BCUT2D eigenvalue weighted by Gasteiger charge is -2.29. The van der Waals surface area contributed by atoms with Crippen LogP contribution in [0.5, 0.6) is 5.75 Å². The van der Waals surface area contributed by atoms with Crippen molar-refractivity contribution < 1.29 is 9.47 Å². The van der Waals surface area contributed by atoms with E-state index >= 15 is 0 Å². The summed E-state index contributed by atoms with van der Waals surface area (Å²) >= 11 is 6.01. The quantitative estimate of drug-likeness (QED) is 0.859. The molecule has 1 saturated heterocycles. The molecular weight excluding hydrogens is 330 g/mol. The third-order valence-corrected chi connectivity index (χ3v) is 4.07. The standard InChI is InChI=1S/C16H20ClN5O2/c1-18-15-12(17)10-19-16(21-15)20-13-4-3-11(9-14(13)23-2)22-5-7-24-8-6-22/h3-4,9-10H,5-8H2,1-2H3,(H2,18,19,20,21). The van der Waals surface area contributed by atoms with Gasteiger partial charge in [-0.1, -0.05) is 11.6 Å². The Kier molecular flexibility index (Phi) is 5.22. The zero-order chi connectivity index (χ0) is 16.9. The van der Waals surface area contributed by atoms with E-state index in [2.05, 4.69) is 25.5 Å². The van der Waals surface area contributed by atoms with Gasteiger partial charge in [-0.25, -0.2) is 4.98 Å². The highest BCUT2D eigenvalue weighted by Gasteiger charge is 2.14. The lowest BCUT2D eigenvalue weighted by molar-refractivity contribution is 0.122. The van der Waals surface area contributed by atoms with E-state index in [0.717, 1.165) is 43.4 Å². The van der Waals surface area contributed by atoms with Crippen LogP contribution < -0.4 is 20.3 Å². The molecule has 7 nitrogen and oxygen atoms in total. The van der Waals surface area contributed by atoms with Crippen LogP contribution in [-0.2, 0) is 4.74 Å². The van der Waals surface area contributed by atoms with Crippen molar-refractivity contribution >= 4 is 34.7 Å². The number of anilines is 4. The predicted molar refractivity (Wildman–Crippen MR) is 95.9 cm³/mol. The van der Waals surface area contributed by atoms with Crippen molar-refractivity contribution in [3.05, 3.63) is 29.4 Å². The van der Waals surface area contributed by atoms with Crippen LogP contribution in [-0.4, -0.2) is 50.4 Å². The molecule has 0 atom stereocenters. The first kappa shape index (κ1) is 16.6. The molecule has 2 heterocycles. The minimum absolute atomic E-state index is 0.446. The topological polar surface area (TPSA) is 71.5 Å². The van der Waals surface area contributed by atoms with Crippen molar-refractivity contribution in [2.75, 3.05) is 56.0 Å². The highest BCUT2D eigenvalue weighted by Crippen LogP contribution is 2.32. The summed E-state index contributed by atoms with van der Waals surface area (Å²) in [6.45, 7) is 3.24. The number of rotatable bonds is 5. The molecule has 3 rings (SSSR count). The first-order valence-electron chi connectivity index (χ1n) is 7.69. The second kappa shape index (κ2) is 7.55. The van der Waals surface area contributed by atoms with Gasteiger partial charge in [-0.3, -0.25) is 0 Å². The number of ether oxygens (including phenoxy) is 2. The van der Waals surface area contributed by atoms with Crippen LogP contribution in [0.4, 0.5) is 23.1 Å². The maximum Gasteiger partial charge on any atom is 0.229 e. The Labute approximate surface area is 146 Å². The zero-order valence-electron chi connectivity index (χ0n) is 13.7. The van der Waals surface area contributed by atoms with E-state index in [1.807, 2.05) is 18.2 Å². The summed E-state index contributed by atoms with van der Waals surface area (Å²) in [6.07, 6.45) is 1.55. The minimum atomic E-state index is 0.446. The van der Waals surface area contributed by atoms with Crippen molar-refractivity contribution in [2.45, 2.75) is 0 Å². The fraction of sp³-hybridized carbons (Fsp3) is 0.375. The average Bonchev–Trinajstić information content (AvgIpc) is 2.64. The van der Waals surface area contributed by atoms with Crippen LogP contribution >= 0.6 is 11.6 Å². The van der Waals surface area contributed by atoms with Gasteiger partial charge < -0.3 is 25.0 Å². The van der Waals surface area contributed by atoms with Gasteiger partial charge in [0.05, 0.1) is 32.2 Å². The molecule has 2 aromatic rings. The van der Waals surface area contributed by atoms with Gasteiger partial charge in [0.15, 0.2) is 0 Å². The van der Waals surface area contributed by atoms with E-state index in [9.17, 15) is 0 Å². The maximum absolute atomic E-state index is 6.01. The molecular formula is C16H20ClN5O2. The molecule has 0 spiro atoms. The zero-order valence-corrected chi connectivity index (χ0v) is 14.4. The Morgan fingerprint density at radius 2 is 2.08 bits per heavy atom. The van der Waals surface area contributed by atoms with Gasteiger partial charge in [-0.2, -0.15) is 4.98 Å². The first-order chi connectivity index (χ1) is 11.7. The summed E-state index contributed by atoms with van der Waals surface area (Å²) in [5.74, 6) is 1.74. The summed E-state index contributed by atoms with van der Waals surface area (Å²) in [5, 5.41) is 6.57. The third kappa shape index (κ3) is 3.63. The van der Waals surface area contributed by atoms with Crippen LogP contribution in [0.3, 0.4) is 0 Å². The van der Waals surface area contributed by atoms with Crippen LogP contribution in [0.1, 0.15) is 0 Å². The van der Waals surface area contributed by atoms with Crippen molar-refractivity contribution in [2.24, 2.45) is 0 Å². The number of nitrogens with zero attached hydrogens (tertiary/aromatic N) is 3. The van der Waals surface area contributed by atoms with E-state index in [0.29, 0.717) is 16.8 Å². The number of nitrogens with one attached hydrogen (secondary N) is 2. The van der Waals surface area contributed by atoms with Crippen molar-refractivity contribution in [3.63, 3.8) is 0 Å². The summed E-state index contributed by atoms with van der Waals surface area (Å²) in [6, 6.07) is 6.01. The largest absolute Gasteiger partial charge is 0.494 e. The van der Waals surface area contributed by atoms with Gasteiger partial charge in [0, 0.05) is 31.9 Å². The van der Waals surface area contributed by atoms with Gasteiger partial charge in [0.1, 0.15) is 16.6 Å². The summed E-state index contributed by atoms with van der Waals surface area (Å²) in [7, 11) is 3.40. The van der Waals surface area contributed by atoms with E-state index in [1.54, 1.807) is 20.4 Å². The molecule has 24 heavy (non-hydrogen) atoms. The van der Waals surface area contributed by atoms with E-state index in [-0.39, 0.29) is 0 Å². The lowest BCUT2D eigenvalue weighted by atomic mass is 10.2. The Morgan fingerprint density at radius 3 is 2.79 bits per heavy atom. The van der Waals surface area contributed by atoms with Crippen LogP contribution in [0, 0.1) is 0 Å². The Balaban J connectivity index is 1.82. The summed E-state index contributed by atoms with van der Waals surface area (Å²) in [5.41, 5.74) is 1.90. The number of benzene rings is 1. The molecule has 2 N–H and O–H groups in total. The Bertz CT molecular complexity index is 707. The number of morpholine rings is 1. The molecule has 8 heteroatoms. The first-order valence-corrected chi connectivity index (χ1v) is 8.07. The molecule has 0 aliphatic carbocycles. The molecule has 1 fully saturated rings. The molecule has 0 unspecified atom stereocenters. The molecule has 0 bridgehead atoms. The molecule has 1 aromatic carbocycles. The molecule has 1 aliphatic heterocycles. The normalized spacial score (nSPS) is 14.4. The highest BCUT2D eigenvalue weighted by atomic mass is 35.5. The van der Waals surface area contributed by atoms with Crippen LogP contribution in [0.15, 0.2) is 24.4 Å². The van der Waals surface area contributed by atoms with Gasteiger partial charge in [0.25, 0.3) is 0 Å². The van der Waals surface area contributed by atoms with Gasteiger partial charge in [-0.05, 0) is 12.1 Å². The van der Waals surface area contributed by atoms with Gasteiger partial charge >= 0.3 is 0 Å². The maximum atomic E-state index is 6.01. The number of aromatic nitrogens is 2. The fourth-order valence-electron chi connectivity index (χ4n) is 2.52. The van der Waals surface area contributed by atoms with E-state index in [1.165, 1.54) is 0 Å². The number of halogens is 1. The van der Waals surface area contributed by atoms with Gasteiger partial charge in [-0.15, -0.1) is 0 Å². The molecule has 0 amide bonds. The van der Waals surface area contributed by atoms with Crippen molar-refractivity contribution in [1.82, 2.24) is 9.97 Å². The molecule has 0 saturated carbocycles. The molecule has 128 valence electrons. The van der Waals surface area contributed by atoms with Gasteiger partial charge in [0.2, 0.25) is 5.95 Å². The van der Waals surface area contributed by atoms with Crippen molar-refractivity contribution in [3.8, 4) is 5.75 Å². The molecule has 1 aromatic heterocycles. The van der Waals surface area contributed by atoms with Crippen LogP contribution in [0.25, 0.3) is 0 Å². The number of hydrogen-bond donors (Lipinski definition) is 2. The second-order valence-electron chi connectivity index (χ2n) is 5.25. The lowest BCUT2D eigenvalue weighted by Crippen LogP contribution is -2.36. The van der Waals surface area contributed by atoms with E-state index in [4.69, 9.17) is 21.1 Å². The summed E-state index contributed by atoms with van der Waals surface area (Å²) < 4.78 is 10.9. The van der Waals surface area contributed by atoms with Crippen LogP contribution in [0.2, 0.25) is 5.02 Å². The van der Waals surface area contributed by atoms with E-state index < -0.39 is 0 Å². The number of methoxy groups -OCH3 is 1. The third-order valence-electron chi connectivity index (χ3n) is 3.79. The SMILES string of the molecule is CNc1nc(Nc2ccc(N3CCOCC3)cc2OC)ncc1Cl. The number of hydrogen-bond acceptors (Lipinski definition) is 7.